The van der Waals surface area contributed by atoms with Crippen LogP contribution in [0.15, 0.2) is 30.5 Å². The highest BCUT2D eigenvalue weighted by molar-refractivity contribution is 6.07. The molecule has 20 heavy (non-hydrogen) atoms. The number of hydrogen-bond acceptors (Lipinski definition) is 4. The van der Waals surface area contributed by atoms with Crippen LogP contribution in [0.1, 0.15) is 15.9 Å². The van der Waals surface area contributed by atoms with Crippen LogP contribution in [-0.4, -0.2) is 10.9 Å². The molecule has 0 aliphatic heterocycles. The minimum absolute atomic E-state index is 0.118. The Bertz CT molecular complexity index is 725. The van der Waals surface area contributed by atoms with E-state index in [0.29, 0.717) is 0 Å². The van der Waals surface area contributed by atoms with E-state index in [0.717, 1.165) is 18.3 Å². The summed E-state index contributed by atoms with van der Waals surface area (Å²) in [4.78, 5) is 15.4. The number of benzene rings is 1. The smallest absolute Gasteiger partial charge is 0.259 e. The quantitative estimate of drug-likeness (QED) is 0.876. The van der Waals surface area contributed by atoms with Crippen LogP contribution >= 0.6 is 0 Å². The van der Waals surface area contributed by atoms with Crippen LogP contribution in [0.5, 0.6) is 0 Å². The Kier molecular flexibility index (Phi) is 3.57. The number of nitrogen functional groups attached to an aromatic ring is 1. The molecule has 3 N–H and O–H groups in total. The summed E-state index contributed by atoms with van der Waals surface area (Å²) < 4.78 is 26.6. The van der Waals surface area contributed by atoms with E-state index in [4.69, 9.17) is 11.0 Å². The summed E-state index contributed by atoms with van der Waals surface area (Å²) in [7, 11) is 0. The Hall–Kier alpha value is -3.01. The lowest BCUT2D eigenvalue weighted by Crippen LogP contribution is -2.16. The highest BCUT2D eigenvalue weighted by Gasteiger charge is 2.14. The molecular weight excluding hydrogens is 266 g/mol. The number of nitriles is 1. The number of aromatic nitrogens is 1. The fraction of sp³-hybridized carbons (Fsp3) is 0. The molecule has 100 valence electrons. The second-order valence-electron chi connectivity index (χ2n) is 3.85. The standard InChI is InChI=1S/C13H8F2N4O/c14-8-4-9(12(17)18-6-8)13(20)19-11-2-1-7(5-16)3-10(11)15/h1-4,6H,(H2,17,18)(H,19,20). The van der Waals surface area contributed by atoms with E-state index < -0.39 is 17.5 Å². The number of anilines is 2. The number of nitrogens with two attached hydrogens (primary N) is 1. The first-order valence-corrected chi connectivity index (χ1v) is 5.43. The predicted octanol–water partition coefficient (Wildman–Crippen LogP) is 2.07. The van der Waals surface area contributed by atoms with Gasteiger partial charge in [0.1, 0.15) is 17.5 Å². The third kappa shape index (κ3) is 2.70. The third-order valence-electron chi connectivity index (χ3n) is 2.48. The fourth-order valence-electron chi connectivity index (χ4n) is 1.51. The SMILES string of the molecule is N#Cc1ccc(NC(=O)c2cc(F)cnc2N)c(F)c1. The van der Waals surface area contributed by atoms with Crippen LogP contribution in [0.4, 0.5) is 20.3 Å². The van der Waals surface area contributed by atoms with Crippen molar-refractivity contribution in [3.8, 4) is 6.07 Å². The maximum atomic E-state index is 13.6. The number of carbonyl (C=O) groups is 1. The molecule has 0 saturated heterocycles. The van der Waals surface area contributed by atoms with Gasteiger partial charge in [0.05, 0.1) is 29.1 Å². The first kappa shape index (κ1) is 13.4. The van der Waals surface area contributed by atoms with Gasteiger partial charge in [0.15, 0.2) is 0 Å². The van der Waals surface area contributed by atoms with Crippen molar-refractivity contribution in [3.05, 3.63) is 53.2 Å². The topological polar surface area (TPSA) is 91.8 Å². The number of nitrogens with zero attached hydrogens (tertiary/aromatic N) is 2. The monoisotopic (exact) mass is 274 g/mol. The molecule has 1 aromatic carbocycles. The average Bonchev–Trinajstić information content (AvgIpc) is 2.43. The summed E-state index contributed by atoms with van der Waals surface area (Å²) >= 11 is 0. The van der Waals surface area contributed by atoms with Gasteiger partial charge in [0, 0.05) is 0 Å². The normalized spacial score (nSPS) is 9.85. The van der Waals surface area contributed by atoms with Crippen molar-refractivity contribution in [2.75, 3.05) is 11.1 Å². The van der Waals surface area contributed by atoms with E-state index >= 15 is 0 Å². The van der Waals surface area contributed by atoms with Crippen molar-refractivity contribution < 1.29 is 13.6 Å². The Morgan fingerprint density at radius 3 is 2.75 bits per heavy atom. The van der Waals surface area contributed by atoms with Gasteiger partial charge < -0.3 is 11.1 Å². The fourth-order valence-corrected chi connectivity index (χ4v) is 1.51. The molecule has 0 spiro atoms. The van der Waals surface area contributed by atoms with Gasteiger partial charge >= 0.3 is 0 Å². The minimum Gasteiger partial charge on any atom is -0.383 e. The van der Waals surface area contributed by atoms with Crippen molar-refractivity contribution in [2.45, 2.75) is 0 Å². The molecule has 7 heteroatoms. The zero-order chi connectivity index (χ0) is 14.7. The molecule has 0 saturated carbocycles. The molecule has 2 rings (SSSR count). The molecule has 5 nitrogen and oxygen atoms in total. The number of nitrogens with one attached hydrogen (secondary N) is 1. The number of hydrogen-bond donors (Lipinski definition) is 2. The van der Waals surface area contributed by atoms with Gasteiger partial charge in [-0.15, -0.1) is 0 Å². The maximum Gasteiger partial charge on any atom is 0.259 e. The molecular formula is C13H8F2N4O. The molecule has 0 fully saturated rings. The van der Waals surface area contributed by atoms with Crippen molar-refractivity contribution >= 4 is 17.4 Å². The summed E-state index contributed by atoms with van der Waals surface area (Å²) in [5, 5.41) is 10.8. The molecule has 1 heterocycles. The summed E-state index contributed by atoms with van der Waals surface area (Å²) in [6.07, 6.45) is 0.869. The lowest BCUT2D eigenvalue weighted by Gasteiger charge is -2.08. The summed E-state index contributed by atoms with van der Waals surface area (Å²) in [5.41, 5.74) is 5.23. The Morgan fingerprint density at radius 1 is 1.35 bits per heavy atom. The van der Waals surface area contributed by atoms with Crippen LogP contribution in [0.2, 0.25) is 0 Å². The molecule has 0 aliphatic rings. The van der Waals surface area contributed by atoms with Gasteiger partial charge in [-0.1, -0.05) is 0 Å². The first-order chi connectivity index (χ1) is 9.51. The predicted molar refractivity (Wildman–Crippen MR) is 67.7 cm³/mol. The van der Waals surface area contributed by atoms with Gasteiger partial charge in [-0.05, 0) is 24.3 Å². The third-order valence-corrected chi connectivity index (χ3v) is 2.48. The number of rotatable bonds is 2. The Morgan fingerprint density at radius 2 is 2.10 bits per heavy atom. The van der Waals surface area contributed by atoms with Crippen LogP contribution in [0, 0.1) is 23.0 Å². The summed E-state index contributed by atoms with van der Waals surface area (Å²) in [6, 6.07) is 6.21. The molecule has 2 aromatic rings. The number of pyridine rings is 1. The van der Waals surface area contributed by atoms with E-state index in [9.17, 15) is 13.6 Å². The molecule has 0 bridgehead atoms. The van der Waals surface area contributed by atoms with Crippen molar-refractivity contribution in [1.29, 1.82) is 5.26 Å². The largest absolute Gasteiger partial charge is 0.383 e. The Labute approximate surface area is 112 Å². The molecule has 1 aromatic heterocycles. The molecule has 1 amide bonds. The summed E-state index contributed by atoms with van der Waals surface area (Å²) in [6.45, 7) is 0. The van der Waals surface area contributed by atoms with Gasteiger partial charge in [-0.25, -0.2) is 13.8 Å². The lowest BCUT2D eigenvalue weighted by atomic mass is 10.2. The highest BCUT2D eigenvalue weighted by Crippen LogP contribution is 2.18. The van der Waals surface area contributed by atoms with Crippen LogP contribution in [-0.2, 0) is 0 Å². The summed E-state index contributed by atoms with van der Waals surface area (Å²) in [5.74, 6) is -2.47. The second kappa shape index (κ2) is 5.32. The second-order valence-corrected chi connectivity index (χ2v) is 3.85. The Balaban J connectivity index is 2.28. The molecule has 0 unspecified atom stereocenters. The van der Waals surface area contributed by atoms with E-state index in [1.165, 1.54) is 12.1 Å². The van der Waals surface area contributed by atoms with Crippen molar-refractivity contribution in [1.82, 2.24) is 4.98 Å². The molecule has 0 radical (unpaired) electrons. The van der Waals surface area contributed by atoms with E-state index in [1.807, 2.05) is 0 Å². The zero-order valence-electron chi connectivity index (χ0n) is 10.0. The first-order valence-electron chi connectivity index (χ1n) is 5.43. The maximum absolute atomic E-state index is 13.6. The molecule has 0 aliphatic carbocycles. The van der Waals surface area contributed by atoms with E-state index in [1.54, 1.807) is 6.07 Å². The average molecular weight is 274 g/mol. The van der Waals surface area contributed by atoms with Gasteiger partial charge in [-0.3, -0.25) is 4.79 Å². The minimum atomic E-state index is -0.793. The van der Waals surface area contributed by atoms with Gasteiger partial charge in [-0.2, -0.15) is 5.26 Å². The van der Waals surface area contributed by atoms with Crippen LogP contribution < -0.4 is 11.1 Å². The van der Waals surface area contributed by atoms with Crippen molar-refractivity contribution in [3.63, 3.8) is 0 Å². The van der Waals surface area contributed by atoms with Crippen LogP contribution in [0.25, 0.3) is 0 Å². The lowest BCUT2D eigenvalue weighted by molar-refractivity contribution is 0.102. The van der Waals surface area contributed by atoms with Gasteiger partial charge in [0.2, 0.25) is 0 Å². The highest BCUT2D eigenvalue weighted by atomic mass is 19.1. The number of halogens is 2. The van der Waals surface area contributed by atoms with E-state index in [-0.39, 0.29) is 22.6 Å². The number of amides is 1. The molecule has 0 atom stereocenters. The number of carbonyl (C=O) groups excluding carboxylic acids is 1. The van der Waals surface area contributed by atoms with Crippen LogP contribution in [0.3, 0.4) is 0 Å². The van der Waals surface area contributed by atoms with Crippen molar-refractivity contribution in [2.24, 2.45) is 0 Å². The van der Waals surface area contributed by atoms with Gasteiger partial charge in [0.25, 0.3) is 5.91 Å². The van der Waals surface area contributed by atoms with E-state index in [2.05, 4.69) is 10.3 Å². The zero-order valence-corrected chi connectivity index (χ0v) is 10.0.